The molecule has 1 aliphatic rings. The predicted molar refractivity (Wildman–Crippen MR) is 159 cm³/mol. The molecule has 2 amide bonds. The van der Waals surface area contributed by atoms with Gasteiger partial charge in [0.1, 0.15) is 12.6 Å². The van der Waals surface area contributed by atoms with Gasteiger partial charge >= 0.3 is 0 Å². The number of nitrogens with one attached hydrogen (secondary N) is 1. The van der Waals surface area contributed by atoms with Gasteiger partial charge in [-0.1, -0.05) is 92.4 Å². The van der Waals surface area contributed by atoms with Crippen molar-refractivity contribution in [2.75, 3.05) is 10.8 Å². The van der Waals surface area contributed by atoms with Crippen LogP contribution in [-0.4, -0.2) is 43.8 Å². The number of nitrogens with zero attached hydrogens (tertiary/aromatic N) is 2. The molecule has 0 aromatic heterocycles. The molecule has 212 valence electrons. The van der Waals surface area contributed by atoms with E-state index in [2.05, 4.69) is 5.32 Å². The van der Waals surface area contributed by atoms with Gasteiger partial charge in [-0.15, -0.1) is 0 Å². The topological polar surface area (TPSA) is 86.8 Å². The fourth-order valence-corrected chi connectivity index (χ4v) is 6.74. The normalized spacial score (nSPS) is 14.8. The van der Waals surface area contributed by atoms with Crippen molar-refractivity contribution in [1.29, 1.82) is 0 Å². The smallest absolute Gasteiger partial charge is 0.264 e. The van der Waals surface area contributed by atoms with Crippen molar-refractivity contribution in [1.82, 2.24) is 10.2 Å². The van der Waals surface area contributed by atoms with E-state index in [9.17, 15) is 18.0 Å². The molecule has 0 bridgehead atoms. The van der Waals surface area contributed by atoms with Crippen LogP contribution in [-0.2, 0) is 26.2 Å². The first-order valence-electron chi connectivity index (χ1n) is 13.8. The molecular weight excluding hydrogens is 546 g/mol. The van der Waals surface area contributed by atoms with Gasteiger partial charge in [0.05, 0.1) is 10.6 Å². The number of hydrogen-bond acceptors (Lipinski definition) is 4. The summed E-state index contributed by atoms with van der Waals surface area (Å²) < 4.78 is 28.7. The Hall–Kier alpha value is -3.36. The Kier molecular flexibility index (Phi) is 10.2. The van der Waals surface area contributed by atoms with Crippen molar-refractivity contribution < 1.29 is 18.0 Å². The number of amides is 2. The summed E-state index contributed by atoms with van der Waals surface area (Å²) >= 11 is 6.23. The molecule has 4 rings (SSSR count). The summed E-state index contributed by atoms with van der Waals surface area (Å²) in [6, 6.07) is 23.1. The molecule has 0 unspecified atom stereocenters. The lowest BCUT2D eigenvalue weighted by Crippen LogP contribution is -2.54. The van der Waals surface area contributed by atoms with Crippen LogP contribution < -0.4 is 9.62 Å². The average molecular weight is 582 g/mol. The van der Waals surface area contributed by atoms with Gasteiger partial charge in [0.25, 0.3) is 10.0 Å². The summed E-state index contributed by atoms with van der Waals surface area (Å²) in [6.07, 6.45) is 5.54. The number of halogens is 1. The third-order valence-electron chi connectivity index (χ3n) is 7.24. The monoisotopic (exact) mass is 581 g/mol. The van der Waals surface area contributed by atoms with Crippen LogP contribution in [0.25, 0.3) is 0 Å². The van der Waals surface area contributed by atoms with E-state index in [1.807, 2.05) is 37.3 Å². The van der Waals surface area contributed by atoms with Crippen LogP contribution in [0.4, 0.5) is 5.69 Å². The largest absolute Gasteiger partial charge is 0.352 e. The summed E-state index contributed by atoms with van der Waals surface area (Å²) in [4.78, 5) is 29.2. The minimum Gasteiger partial charge on any atom is -0.352 e. The lowest BCUT2D eigenvalue weighted by molar-refractivity contribution is -0.140. The van der Waals surface area contributed by atoms with E-state index >= 15 is 0 Å². The molecule has 40 heavy (non-hydrogen) atoms. The molecule has 7 nitrogen and oxygen atoms in total. The SMILES string of the molecule is CC[C@H](C(=O)NC1CCCCC1)N(Cc1ccccc1)C(=O)CN(c1cccc(Cl)c1)S(=O)(=O)c1ccccc1. The van der Waals surface area contributed by atoms with Crippen molar-refractivity contribution in [2.45, 2.75) is 69.0 Å². The Morgan fingerprint density at radius 2 is 1.57 bits per heavy atom. The molecule has 0 saturated heterocycles. The highest BCUT2D eigenvalue weighted by atomic mass is 35.5. The molecule has 0 aliphatic heterocycles. The fourth-order valence-electron chi connectivity index (χ4n) is 5.12. The minimum atomic E-state index is -4.12. The number of hydrogen-bond donors (Lipinski definition) is 1. The maximum atomic E-state index is 14.1. The molecule has 9 heteroatoms. The Bertz CT molecular complexity index is 1380. The maximum absolute atomic E-state index is 14.1. The molecule has 1 fully saturated rings. The summed E-state index contributed by atoms with van der Waals surface area (Å²) in [7, 11) is -4.12. The van der Waals surface area contributed by atoms with Gasteiger partial charge in [0, 0.05) is 17.6 Å². The lowest BCUT2D eigenvalue weighted by Gasteiger charge is -2.34. The minimum absolute atomic E-state index is 0.0551. The van der Waals surface area contributed by atoms with Gasteiger partial charge < -0.3 is 10.2 Å². The Balaban J connectivity index is 1.68. The zero-order chi connectivity index (χ0) is 28.5. The second-order valence-electron chi connectivity index (χ2n) is 10.1. The molecule has 1 saturated carbocycles. The molecule has 1 N–H and O–H groups in total. The maximum Gasteiger partial charge on any atom is 0.264 e. The van der Waals surface area contributed by atoms with Gasteiger partial charge in [-0.05, 0) is 55.2 Å². The van der Waals surface area contributed by atoms with E-state index < -0.39 is 28.5 Å². The molecular formula is C31H36ClN3O4S. The molecule has 0 radical (unpaired) electrons. The van der Waals surface area contributed by atoms with Crippen molar-refractivity contribution in [3.63, 3.8) is 0 Å². The number of carbonyl (C=O) groups is 2. The van der Waals surface area contributed by atoms with Crippen LogP contribution in [0.3, 0.4) is 0 Å². The van der Waals surface area contributed by atoms with Crippen molar-refractivity contribution in [3.05, 3.63) is 95.5 Å². The Morgan fingerprint density at radius 3 is 2.20 bits per heavy atom. The van der Waals surface area contributed by atoms with Crippen LogP contribution in [0.15, 0.2) is 89.8 Å². The predicted octanol–water partition coefficient (Wildman–Crippen LogP) is 5.79. The van der Waals surface area contributed by atoms with Crippen LogP contribution in [0.1, 0.15) is 51.0 Å². The Morgan fingerprint density at radius 1 is 0.925 bits per heavy atom. The molecule has 0 spiro atoms. The van der Waals surface area contributed by atoms with Gasteiger partial charge in [0.15, 0.2) is 0 Å². The van der Waals surface area contributed by atoms with E-state index in [4.69, 9.17) is 11.6 Å². The number of anilines is 1. The van der Waals surface area contributed by atoms with Crippen LogP contribution in [0, 0.1) is 0 Å². The number of sulfonamides is 1. The quantitative estimate of drug-likeness (QED) is 0.310. The van der Waals surface area contributed by atoms with Crippen LogP contribution >= 0.6 is 11.6 Å². The summed E-state index contributed by atoms with van der Waals surface area (Å²) in [5, 5.41) is 3.50. The second-order valence-corrected chi connectivity index (χ2v) is 12.4. The van der Waals surface area contributed by atoms with E-state index in [1.165, 1.54) is 23.1 Å². The molecule has 3 aromatic rings. The van der Waals surface area contributed by atoms with E-state index in [1.54, 1.807) is 36.4 Å². The van der Waals surface area contributed by atoms with Crippen LogP contribution in [0.2, 0.25) is 5.02 Å². The van der Waals surface area contributed by atoms with Gasteiger partial charge in [-0.25, -0.2) is 8.42 Å². The van der Waals surface area contributed by atoms with Crippen LogP contribution in [0.5, 0.6) is 0 Å². The zero-order valence-corrected chi connectivity index (χ0v) is 24.3. The first kappa shape index (κ1) is 29.6. The van der Waals surface area contributed by atoms with Crippen molar-refractivity contribution in [3.8, 4) is 0 Å². The van der Waals surface area contributed by atoms with E-state index in [0.29, 0.717) is 11.4 Å². The first-order valence-corrected chi connectivity index (χ1v) is 15.6. The number of rotatable bonds is 11. The van der Waals surface area contributed by atoms with E-state index in [-0.39, 0.29) is 29.1 Å². The summed E-state index contributed by atoms with van der Waals surface area (Å²) in [5.41, 5.74) is 1.11. The third kappa shape index (κ3) is 7.43. The number of benzene rings is 3. The summed E-state index contributed by atoms with van der Waals surface area (Å²) in [6.45, 7) is 1.55. The first-order chi connectivity index (χ1) is 19.3. The highest BCUT2D eigenvalue weighted by Gasteiger charge is 2.34. The van der Waals surface area contributed by atoms with Gasteiger partial charge in [-0.3, -0.25) is 13.9 Å². The van der Waals surface area contributed by atoms with Crippen molar-refractivity contribution in [2.24, 2.45) is 0 Å². The molecule has 1 aliphatic carbocycles. The standard InChI is InChI=1S/C31H36ClN3O4S/c1-2-29(31(37)33-26-16-8-4-9-17-26)34(22-24-13-6-3-7-14-24)30(36)23-35(27-18-12-15-25(32)21-27)40(38,39)28-19-10-5-11-20-28/h3,5-7,10-15,18-21,26,29H,2,4,8-9,16-17,22-23H2,1H3,(H,33,37)/t29-/m1/s1. The van der Waals surface area contributed by atoms with Gasteiger partial charge in [0.2, 0.25) is 11.8 Å². The van der Waals surface area contributed by atoms with E-state index in [0.717, 1.165) is 42.0 Å². The molecule has 3 aromatic carbocycles. The Labute approximate surface area is 242 Å². The third-order valence-corrected chi connectivity index (χ3v) is 9.26. The molecule has 1 atom stereocenters. The second kappa shape index (κ2) is 13.8. The summed E-state index contributed by atoms with van der Waals surface area (Å²) in [5.74, 6) is -0.687. The van der Waals surface area contributed by atoms with Crippen molar-refractivity contribution >= 4 is 39.1 Å². The zero-order valence-electron chi connectivity index (χ0n) is 22.7. The average Bonchev–Trinajstić information content (AvgIpc) is 2.97. The lowest BCUT2D eigenvalue weighted by atomic mass is 9.95. The molecule has 0 heterocycles. The highest BCUT2D eigenvalue weighted by Crippen LogP contribution is 2.27. The fraction of sp³-hybridized carbons (Fsp3) is 0.355. The highest BCUT2D eigenvalue weighted by molar-refractivity contribution is 7.92. The van der Waals surface area contributed by atoms with Gasteiger partial charge in [-0.2, -0.15) is 0 Å². The number of carbonyl (C=O) groups excluding carboxylic acids is 2.